The van der Waals surface area contributed by atoms with Gasteiger partial charge in [-0.05, 0) is 32.1 Å². The number of rotatable bonds is 4. The molecule has 0 aromatic carbocycles. The SMILES string of the molecule is COC1(CC(=O)N2CCCC2C(N)=NO)CCC1. The summed E-state index contributed by atoms with van der Waals surface area (Å²) < 4.78 is 5.47. The van der Waals surface area contributed by atoms with Crippen LogP contribution in [0.2, 0.25) is 0 Å². The fourth-order valence-corrected chi connectivity index (χ4v) is 2.84. The van der Waals surface area contributed by atoms with Crippen LogP contribution in [0.3, 0.4) is 0 Å². The molecule has 1 unspecified atom stereocenters. The number of likely N-dealkylation sites (tertiary alicyclic amines) is 1. The summed E-state index contributed by atoms with van der Waals surface area (Å²) in [5, 5.41) is 11.8. The Kier molecular flexibility index (Phi) is 3.75. The van der Waals surface area contributed by atoms with Crippen LogP contribution >= 0.6 is 0 Å². The molecule has 6 heteroatoms. The number of oxime groups is 1. The van der Waals surface area contributed by atoms with Crippen molar-refractivity contribution in [3.05, 3.63) is 0 Å². The van der Waals surface area contributed by atoms with E-state index >= 15 is 0 Å². The number of ether oxygens (including phenoxy) is 1. The molecule has 0 aromatic heterocycles. The number of hydrogen-bond acceptors (Lipinski definition) is 4. The van der Waals surface area contributed by atoms with Crippen LogP contribution in [0.15, 0.2) is 5.16 Å². The highest BCUT2D eigenvalue weighted by Gasteiger charge is 2.42. The molecule has 1 atom stereocenters. The number of hydrogen-bond donors (Lipinski definition) is 2. The van der Waals surface area contributed by atoms with Crippen molar-refractivity contribution in [2.24, 2.45) is 10.9 Å². The maximum Gasteiger partial charge on any atom is 0.226 e. The first kappa shape index (κ1) is 13.1. The van der Waals surface area contributed by atoms with Gasteiger partial charge in [0.25, 0.3) is 0 Å². The lowest BCUT2D eigenvalue weighted by atomic mass is 9.77. The first-order chi connectivity index (χ1) is 8.62. The standard InChI is InChI=1S/C12H21N3O3/c1-18-12(5-3-6-12)8-10(16)15-7-2-4-9(15)11(13)14-17/h9,17H,2-8H2,1H3,(H2,13,14). The van der Waals surface area contributed by atoms with Crippen LogP contribution in [0.1, 0.15) is 38.5 Å². The van der Waals surface area contributed by atoms with E-state index in [-0.39, 0.29) is 23.4 Å². The van der Waals surface area contributed by atoms with Crippen molar-refractivity contribution in [2.75, 3.05) is 13.7 Å². The molecule has 2 aliphatic rings. The highest BCUT2D eigenvalue weighted by atomic mass is 16.5. The van der Waals surface area contributed by atoms with E-state index in [0.717, 1.165) is 32.1 Å². The Bertz CT molecular complexity index is 347. The topological polar surface area (TPSA) is 88.2 Å². The van der Waals surface area contributed by atoms with Gasteiger partial charge in [-0.2, -0.15) is 0 Å². The maximum atomic E-state index is 12.3. The van der Waals surface area contributed by atoms with E-state index in [1.165, 1.54) is 0 Å². The smallest absolute Gasteiger partial charge is 0.226 e. The summed E-state index contributed by atoms with van der Waals surface area (Å²) in [4.78, 5) is 14.0. The number of carbonyl (C=O) groups excluding carboxylic acids is 1. The van der Waals surface area contributed by atoms with Crippen LogP contribution in [0.5, 0.6) is 0 Å². The fourth-order valence-electron chi connectivity index (χ4n) is 2.84. The number of amidine groups is 1. The average Bonchev–Trinajstić information content (AvgIpc) is 2.81. The van der Waals surface area contributed by atoms with Gasteiger partial charge in [0.05, 0.1) is 18.1 Å². The van der Waals surface area contributed by atoms with Crippen molar-refractivity contribution in [2.45, 2.75) is 50.2 Å². The third kappa shape index (κ3) is 2.29. The second-order valence-electron chi connectivity index (χ2n) is 5.19. The third-order valence-corrected chi connectivity index (χ3v) is 4.20. The monoisotopic (exact) mass is 255 g/mol. The summed E-state index contributed by atoms with van der Waals surface area (Å²) in [6, 6.07) is -0.253. The molecule has 0 spiro atoms. The first-order valence-electron chi connectivity index (χ1n) is 6.44. The number of nitrogens with zero attached hydrogens (tertiary/aromatic N) is 2. The minimum atomic E-state index is -0.269. The number of methoxy groups -OCH3 is 1. The Morgan fingerprint density at radius 3 is 2.78 bits per heavy atom. The molecular weight excluding hydrogens is 234 g/mol. The average molecular weight is 255 g/mol. The lowest BCUT2D eigenvalue weighted by Gasteiger charge is -2.41. The molecule has 1 heterocycles. The lowest BCUT2D eigenvalue weighted by molar-refractivity contribution is -0.143. The second kappa shape index (κ2) is 5.14. The molecule has 0 radical (unpaired) electrons. The highest BCUT2D eigenvalue weighted by Crippen LogP contribution is 2.39. The van der Waals surface area contributed by atoms with Crippen LogP contribution in [0, 0.1) is 0 Å². The van der Waals surface area contributed by atoms with Crippen molar-refractivity contribution >= 4 is 11.7 Å². The highest BCUT2D eigenvalue weighted by molar-refractivity contribution is 5.90. The predicted octanol–water partition coefficient (Wildman–Crippen LogP) is 0.683. The number of nitrogens with two attached hydrogens (primary N) is 1. The van der Waals surface area contributed by atoms with E-state index in [2.05, 4.69) is 5.16 Å². The molecule has 2 rings (SSSR count). The van der Waals surface area contributed by atoms with Gasteiger partial charge >= 0.3 is 0 Å². The van der Waals surface area contributed by atoms with E-state index in [0.29, 0.717) is 13.0 Å². The lowest BCUT2D eigenvalue weighted by Crippen LogP contribution is -2.49. The Morgan fingerprint density at radius 2 is 2.28 bits per heavy atom. The molecule has 18 heavy (non-hydrogen) atoms. The maximum absolute atomic E-state index is 12.3. The first-order valence-corrected chi connectivity index (χ1v) is 6.44. The summed E-state index contributed by atoms with van der Waals surface area (Å²) in [5.74, 6) is 0.173. The minimum Gasteiger partial charge on any atom is -0.409 e. The van der Waals surface area contributed by atoms with Crippen molar-refractivity contribution in [1.29, 1.82) is 0 Å². The number of carbonyl (C=O) groups is 1. The zero-order chi connectivity index (χ0) is 13.2. The van der Waals surface area contributed by atoms with Crippen molar-refractivity contribution in [3.63, 3.8) is 0 Å². The van der Waals surface area contributed by atoms with Gasteiger partial charge in [0.1, 0.15) is 0 Å². The minimum absolute atomic E-state index is 0.0469. The molecule has 1 saturated carbocycles. The van der Waals surface area contributed by atoms with Crippen molar-refractivity contribution in [3.8, 4) is 0 Å². The van der Waals surface area contributed by atoms with Gasteiger partial charge < -0.3 is 20.6 Å². The summed E-state index contributed by atoms with van der Waals surface area (Å²) in [6.45, 7) is 0.680. The van der Waals surface area contributed by atoms with E-state index < -0.39 is 0 Å². The van der Waals surface area contributed by atoms with Gasteiger partial charge in [0, 0.05) is 13.7 Å². The van der Waals surface area contributed by atoms with E-state index in [1.54, 1.807) is 12.0 Å². The molecular formula is C12H21N3O3. The van der Waals surface area contributed by atoms with E-state index in [9.17, 15) is 4.79 Å². The Morgan fingerprint density at radius 1 is 1.56 bits per heavy atom. The summed E-state index contributed by atoms with van der Waals surface area (Å²) in [6.07, 6.45) is 5.06. The van der Waals surface area contributed by atoms with Gasteiger partial charge in [-0.15, -0.1) is 0 Å². The van der Waals surface area contributed by atoms with Crippen molar-refractivity contribution in [1.82, 2.24) is 4.90 Å². The second-order valence-corrected chi connectivity index (χ2v) is 5.19. The van der Waals surface area contributed by atoms with Crippen LogP contribution < -0.4 is 5.73 Å². The molecule has 2 fully saturated rings. The normalized spacial score (nSPS) is 27.1. The zero-order valence-corrected chi connectivity index (χ0v) is 10.8. The molecule has 102 valence electrons. The van der Waals surface area contributed by atoms with Crippen LogP contribution in [-0.4, -0.2) is 47.1 Å². The predicted molar refractivity (Wildman–Crippen MR) is 66.4 cm³/mol. The van der Waals surface area contributed by atoms with Gasteiger partial charge in [-0.1, -0.05) is 5.16 Å². The molecule has 6 nitrogen and oxygen atoms in total. The quantitative estimate of drug-likeness (QED) is 0.335. The van der Waals surface area contributed by atoms with E-state index in [4.69, 9.17) is 15.7 Å². The molecule has 3 N–H and O–H groups in total. The van der Waals surface area contributed by atoms with Crippen LogP contribution in [0.4, 0.5) is 0 Å². The zero-order valence-electron chi connectivity index (χ0n) is 10.8. The van der Waals surface area contributed by atoms with Crippen LogP contribution in [-0.2, 0) is 9.53 Å². The van der Waals surface area contributed by atoms with Gasteiger partial charge in [-0.3, -0.25) is 4.79 Å². The summed E-state index contributed by atoms with van der Waals surface area (Å²) in [5.41, 5.74) is 5.36. The Hall–Kier alpha value is -1.30. The number of amides is 1. The molecule has 1 saturated heterocycles. The summed E-state index contributed by atoms with van der Waals surface area (Å²) in [7, 11) is 1.66. The Labute approximate surface area is 107 Å². The largest absolute Gasteiger partial charge is 0.409 e. The molecule has 0 aromatic rings. The molecule has 1 aliphatic carbocycles. The molecule has 1 amide bonds. The van der Waals surface area contributed by atoms with Crippen LogP contribution in [0.25, 0.3) is 0 Å². The van der Waals surface area contributed by atoms with E-state index in [1.807, 2.05) is 0 Å². The fraction of sp³-hybridized carbons (Fsp3) is 0.833. The third-order valence-electron chi connectivity index (χ3n) is 4.20. The van der Waals surface area contributed by atoms with Gasteiger partial charge in [-0.25, -0.2) is 0 Å². The van der Waals surface area contributed by atoms with Crippen molar-refractivity contribution < 1.29 is 14.7 Å². The summed E-state index contributed by atoms with van der Waals surface area (Å²) >= 11 is 0. The molecule has 1 aliphatic heterocycles. The van der Waals surface area contributed by atoms with Gasteiger partial charge in [0.15, 0.2) is 5.84 Å². The Balaban J connectivity index is 2.00. The van der Waals surface area contributed by atoms with Gasteiger partial charge in [0.2, 0.25) is 5.91 Å². The molecule has 0 bridgehead atoms.